The Balaban J connectivity index is 1.72. The lowest BCUT2D eigenvalue weighted by Crippen LogP contribution is -2.12. The number of aryl methyl sites for hydroxylation is 1. The third-order valence-corrected chi connectivity index (χ3v) is 4.29. The van der Waals surface area contributed by atoms with Crippen LogP contribution in [-0.2, 0) is 6.54 Å². The molecule has 0 saturated heterocycles. The monoisotopic (exact) mass is 369 g/mol. The summed E-state index contributed by atoms with van der Waals surface area (Å²) in [6.07, 6.45) is 3.49. The first kappa shape index (κ1) is 15.5. The predicted octanol–water partition coefficient (Wildman–Crippen LogP) is 4.25. The highest BCUT2D eigenvalue weighted by atomic mass is 79.9. The SMILES string of the molecule is Cc1ccccc1Cn1cc(NC(=O)c2ccccc2Br)cn1. The Labute approximate surface area is 143 Å². The fraction of sp³-hybridized carbons (Fsp3) is 0.111. The van der Waals surface area contributed by atoms with Crippen LogP contribution in [0.5, 0.6) is 0 Å². The van der Waals surface area contributed by atoms with Gasteiger partial charge in [0.2, 0.25) is 0 Å². The van der Waals surface area contributed by atoms with Gasteiger partial charge in [-0.3, -0.25) is 9.48 Å². The van der Waals surface area contributed by atoms with Crippen molar-refractivity contribution in [3.05, 3.63) is 82.1 Å². The van der Waals surface area contributed by atoms with E-state index in [1.807, 2.05) is 41.2 Å². The smallest absolute Gasteiger partial charge is 0.256 e. The number of anilines is 1. The summed E-state index contributed by atoms with van der Waals surface area (Å²) in [5, 5.41) is 7.18. The van der Waals surface area contributed by atoms with E-state index in [-0.39, 0.29) is 5.91 Å². The topological polar surface area (TPSA) is 46.9 Å². The Morgan fingerprint density at radius 1 is 1.17 bits per heavy atom. The molecule has 116 valence electrons. The number of hydrogen-bond donors (Lipinski definition) is 1. The van der Waals surface area contributed by atoms with Crippen LogP contribution in [0.25, 0.3) is 0 Å². The number of hydrogen-bond acceptors (Lipinski definition) is 2. The summed E-state index contributed by atoms with van der Waals surface area (Å²) >= 11 is 3.39. The highest BCUT2D eigenvalue weighted by molar-refractivity contribution is 9.10. The Bertz CT molecular complexity index is 842. The highest BCUT2D eigenvalue weighted by Gasteiger charge is 2.10. The zero-order valence-electron chi connectivity index (χ0n) is 12.7. The first-order valence-corrected chi connectivity index (χ1v) is 8.05. The van der Waals surface area contributed by atoms with Gasteiger partial charge in [0, 0.05) is 10.7 Å². The summed E-state index contributed by atoms with van der Waals surface area (Å²) in [6.45, 7) is 2.76. The minimum absolute atomic E-state index is 0.159. The first-order chi connectivity index (χ1) is 11.1. The van der Waals surface area contributed by atoms with Crippen molar-refractivity contribution in [2.24, 2.45) is 0 Å². The maximum atomic E-state index is 12.3. The molecule has 0 fully saturated rings. The standard InChI is InChI=1S/C18H16BrN3O/c1-13-6-2-3-7-14(13)11-22-12-15(10-20-22)21-18(23)16-8-4-5-9-17(16)19/h2-10,12H,11H2,1H3,(H,21,23). The molecular weight excluding hydrogens is 354 g/mol. The molecule has 3 aromatic rings. The van der Waals surface area contributed by atoms with Crippen LogP contribution < -0.4 is 5.32 Å². The van der Waals surface area contributed by atoms with Crippen molar-refractivity contribution in [1.82, 2.24) is 9.78 Å². The second-order valence-electron chi connectivity index (χ2n) is 5.29. The highest BCUT2D eigenvalue weighted by Crippen LogP contribution is 2.18. The summed E-state index contributed by atoms with van der Waals surface area (Å²) < 4.78 is 2.59. The van der Waals surface area contributed by atoms with Crippen LogP contribution in [0.3, 0.4) is 0 Å². The summed E-state index contributed by atoms with van der Waals surface area (Å²) in [6, 6.07) is 15.5. The van der Waals surface area contributed by atoms with Crippen molar-refractivity contribution in [1.29, 1.82) is 0 Å². The first-order valence-electron chi connectivity index (χ1n) is 7.26. The van der Waals surface area contributed by atoms with E-state index in [0.29, 0.717) is 17.8 Å². The van der Waals surface area contributed by atoms with Gasteiger partial charge in [0.05, 0.1) is 24.0 Å². The molecule has 3 rings (SSSR count). The fourth-order valence-corrected chi connectivity index (χ4v) is 2.79. The number of aromatic nitrogens is 2. The van der Waals surface area contributed by atoms with E-state index in [0.717, 1.165) is 4.47 Å². The lowest BCUT2D eigenvalue weighted by atomic mass is 10.1. The molecule has 0 bridgehead atoms. The van der Waals surface area contributed by atoms with E-state index >= 15 is 0 Å². The minimum Gasteiger partial charge on any atom is -0.319 e. The van der Waals surface area contributed by atoms with E-state index in [9.17, 15) is 4.79 Å². The van der Waals surface area contributed by atoms with Crippen molar-refractivity contribution in [2.45, 2.75) is 13.5 Å². The Morgan fingerprint density at radius 3 is 2.70 bits per heavy atom. The summed E-state index contributed by atoms with van der Waals surface area (Å²) in [7, 11) is 0. The Kier molecular flexibility index (Phi) is 4.57. The maximum Gasteiger partial charge on any atom is 0.256 e. The summed E-state index contributed by atoms with van der Waals surface area (Å²) in [5.74, 6) is -0.159. The van der Waals surface area contributed by atoms with Gasteiger partial charge in [-0.1, -0.05) is 36.4 Å². The van der Waals surface area contributed by atoms with Gasteiger partial charge >= 0.3 is 0 Å². The van der Waals surface area contributed by atoms with Gasteiger partial charge in [-0.2, -0.15) is 5.10 Å². The van der Waals surface area contributed by atoms with Crippen LogP contribution >= 0.6 is 15.9 Å². The van der Waals surface area contributed by atoms with E-state index in [4.69, 9.17) is 0 Å². The van der Waals surface area contributed by atoms with Crippen LogP contribution in [0.15, 0.2) is 65.4 Å². The molecule has 0 radical (unpaired) electrons. The van der Waals surface area contributed by atoms with Crippen molar-refractivity contribution >= 4 is 27.5 Å². The molecule has 1 heterocycles. The molecule has 0 spiro atoms. The number of rotatable bonds is 4. The van der Waals surface area contributed by atoms with Crippen molar-refractivity contribution in [3.63, 3.8) is 0 Å². The molecule has 1 amide bonds. The quantitative estimate of drug-likeness (QED) is 0.746. The number of nitrogens with one attached hydrogen (secondary N) is 1. The normalized spacial score (nSPS) is 10.5. The number of carbonyl (C=O) groups excluding carboxylic acids is 1. The molecule has 0 saturated carbocycles. The molecule has 1 aromatic heterocycles. The van der Waals surface area contributed by atoms with E-state index in [2.05, 4.69) is 45.4 Å². The third-order valence-electron chi connectivity index (χ3n) is 3.60. The number of halogens is 1. The van der Waals surface area contributed by atoms with Gasteiger partial charge in [-0.25, -0.2) is 0 Å². The van der Waals surface area contributed by atoms with Crippen molar-refractivity contribution < 1.29 is 4.79 Å². The lowest BCUT2D eigenvalue weighted by molar-refractivity contribution is 0.102. The Morgan fingerprint density at radius 2 is 1.91 bits per heavy atom. The minimum atomic E-state index is -0.159. The zero-order chi connectivity index (χ0) is 16.2. The van der Waals surface area contributed by atoms with Gasteiger partial charge < -0.3 is 5.32 Å². The molecule has 0 aliphatic rings. The Hall–Kier alpha value is -2.40. The molecule has 23 heavy (non-hydrogen) atoms. The lowest BCUT2D eigenvalue weighted by Gasteiger charge is -2.06. The number of amides is 1. The predicted molar refractivity (Wildman–Crippen MR) is 94.6 cm³/mol. The van der Waals surface area contributed by atoms with Crippen LogP contribution in [0.2, 0.25) is 0 Å². The molecule has 0 aliphatic heterocycles. The molecule has 5 heteroatoms. The molecule has 1 N–H and O–H groups in total. The van der Waals surface area contributed by atoms with Gasteiger partial charge in [-0.05, 0) is 46.1 Å². The molecule has 4 nitrogen and oxygen atoms in total. The van der Waals surface area contributed by atoms with E-state index < -0.39 is 0 Å². The maximum absolute atomic E-state index is 12.3. The molecule has 0 atom stereocenters. The largest absolute Gasteiger partial charge is 0.319 e. The van der Waals surface area contributed by atoms with Gasteiger partial charge in [0.15, 0.2) is 0 Å². The average molecular weight is 370 g/mol. The zero-order valence-corrected chi connectivity index (χ0v) is 14.2. The summed E-state index contributed by atoms with van der Waals surface area (Å²) in [5.41, 5.74) is 3.71. The van der Waals surface area contributed by atoms with E-state index in [1.54, 1.807) is 12.3 Å². The third kappa shape index (κ3) is 3.68. The molecule has 2 aromatic carbocycles. The number of benzene rings is 2. The van der Waals surface area contributed by atoms with Crippen LogP contribution in [0.1, 0.15) is 21.5 Å². The van der Waals surface area contributed by atoms with Crippen LogP contribution in [-0.4, -0.2) is 15.7 Å². The number of carbonyl (C=O) groups is 1. The van der Waals surface area contributed by atoms with Gasteiger partial charge in [0.25, 0.3) is 5.91 Å². The number of nitrogens with zero attached hydrogens (tertiary/aromatic N) is 2. The van der Waals surface area contributed by atoms with Gasteiger partial charge in [-0.15, -0.1) is 0 Å². The average Bonchev–Trinajstić information content (AvgIpc) is 2.97. The second-order valence-corrected chi connectivity index (χ2v) is 6.14. The second kappa shape index (κ2) is 6.79. The molecule has 0 aliphatic carbocycles. The van der Waals surface area contributed by atoms with Crippen molar-refractivity contribution in [2.75, 3.05) is 5.32 Å². The van der Waals surface area contributed by atoms with Crippen molar-refractivity contribution in [3.8, 4) is 0 Å². The molecular formula is C18H16BrN3O. The molecule has 0 unspecified atom stereocenters. The van der Waals surface area contributed by atoms with E-state index in [1.165, 1.54) is 11.1 Å². The van der Waals surface area contributed by atoms with Gasteiger partial charge in [0.1, 0.15) is 0 Å². The summed E-state index contributed by atoms with van der Waals surface area (Å²) in [4.78, 5) is 12.3. The van der Waals surface area contributed by atoms with Crippen LogP contribution in [0, 0.1) is 6.92 Å². The van der Waals surface area contributed by atoms with Crippen LogP contribution in [0.4, 0.5) is 5.69 Å². The fourth-order valence-electron chi connectivity index (χ4n) is 2.32.